The van der Waals surface area contributed by atoms with E-state index in [2.05, 4.69) is 30.6 Å². The van der Waals surface area contributed by atoms with Crippen LogP contribution in [0, 0.1) is 0 Å². The fraction of sp³-hybridized carbons (Fsp3) is 0.174. The van der Waals surface area contributed by atoms with Crippen molar-refractivity contribution in [3.05, 3.63) is 78.6 Å². The first-order valence-electron chi connectivity index (χ1n) is 10.2. The molecule has 3 heterocycles. The predicted octanol–water partition coefficient (Wildman–Crippen LogP) is 3.58. The van der Waals surface area contributed by atoms with Crippen LogP contribution in [0.4, 0.5) is 11.5 Å². The quantitative estimate of drug-likeness (QED) is 0.540. The van der Waals surface area contributed by atoms with Crippen molar-refractivity contribution < 1.29 is 4.79 Å². The SMILES string of the molecule is O=C(Nc1cccc(-c2ccc(N3CCCC3)nn2)c1)c1cnn(-c2ccccc2)n1. The molecule has 2 aromatic heterocycles. The number of aromatic nitrogens is 5. The Labute approximate surface area is 179 Å². The lowest BCUT2D eigenvalue weighted by Crippen LogP contribution is -2.19. The highest BCUT2D eigenvalue weighted by Gasteiger charge is 2.15. The molecular weight excluding hydrogens is 390 g/mol. The van der Waals surface area contributed by atoms with Gasteiger partial charge in [0, 0.05) is 24.3 Å². The Morgan fingerprint density at radius 1 is 0.903 bits per heavy atom. The predicted molar refractivity (Wildman–Crippen MR) is 118 cm³/mol. The highest BCUT2D eigenvalue weighted by Crippen LogP contribution is 2.23. The minimum absolute atomic E-state index is 0.240. The lowest BCUT2D eigenvalue weighted by atomic mass is 10.1. The van der Waals surface area contributed by atoms with Crippen molar-refractivity contribution in [2.24, 2.45) is 0 Å². The monoisotopic (exact) mass is 411 g/mol. The fourth-order valence-corrected chi connectivity index (χ4v) is 3.60. The maximum absolute atomic E-state index is 12.6. The molecular formula is C23H21N7O. The molecule has 0 saturated carbocycles. The van der Waals surface area contributed by atoms with E-state index in [-0.39, 0.29) is 11.6 Å². The van der Waals surface area contributed by atoms with Gasteiger partial charge in [-0.25, -0.2) is 0 Å². The minimum atomic E-state index is -0.324. The third-order valence-corrected chi connectivity index (χ3v) is 5.21. The van der Waals surface area contributed by atoms with Crippen LogP contribution in [0.2, 0.25) is 0 Å². The van der Waals surface area contributed by atoms with Crippen molar-refractivity contribution in [2.45, 2.75) is 12.8 Å². The van der Waals surface area contributed by atoms with Crippen molar-refractivity contribution in [3.8, 4) is 16.9 Å². The third-order valence-electron chi connectivity index (χ3n) is 5.21. The van der Waals surface area contributed by atoms with E-state index in [1.165, 1.54) is 23.8 Å². The summed E-state index contributed by atoms with van der Waals surface area (Å²) in [4.78, 5) is 16.3. The van der Waals surface area contributed by atoms with Gasteiger partial charge in [0.25, 0.3) is 5.91 Å². The molecule has 0 bridgehead atoms. The maximum Gasteiger partial charge on any atom is 0.277 e. The van der Waals surface area contributed by atoms with Crippen molar-refractivity contribution in [1.82, 2.24) is 25.2 Å². The summed E-state index contributed by atoms with van der Waals surface area (Å²) in [5.41, 5.74) is 3.32. The zero-order valence-corrected chi connectivity index (χ0v) is 16.8. The van der Waals surface area contributed by atoms with Crippen LogP contribution in [-0.2, 0) is 0 Å². The molecule has 1 aliphatic heterocycles. The lowest BCUT2D eigenvalue weighted by Gasteiger charge is -2.15. The van der Waals surface area contributed by atoms with Gasteiger partial charge in [-0.15, -0.1) is 15.3 Å². The number of rotatable bonds is 5. The molecule has 1 aliphatic rings. The first kappa shape index (κ1) is 18.9. The molecule has 0 spiro atoms. The molecule has 0 aliphatic carbocycles. The molecule has 1 fully saturated rings. The summed E-state index contributed by atoms with van der Waals surface area (Å²) < 4.78 is 0. The highest BCUT2D eigenvalue weighted by molar-refractivity contribution is 6.02. The first-order chi connectivity index (χ1) is 15.3. The Kier molecular flexibility index (Phi) is 5.10. The topological polar surface area (TPSA) is 88.8 Å². The van der Waals surface area contributed by atoms with Crippen LogP contribution in [0.15, 0.2) is 72.9 Å². The standard InChI is InChI=1S/C23H21N7O/c31-23(21-16-24-30(28-21)19-9-2-1-3-10-19)25-18-8-6-7-17(15-18)20-11-12-22(27-26-20)29-13-4-5-14-29/h1-3,6-12,15-16H,4-5,13-14H2,(H,25,31). The summed E-state index contributed by atoms with van der Waals surface area (Å²) in [6, 6.07) is 20.9. The second-order valence-corrected chi connectivity index (χ2v) is 7.36. The van der Waals surface area contributed by atoms with Gasteiger partial charge in [0.15, 0.2) is 11.5 Å². The van der Waals surface area contributed by atoms with Crippen molar-refractivity contribution >= 4 is 17.4 Å². The molecule has 1 N–H and O–H groups in total. The number of para-hydroxylation sites is 1. The average Bonchev–Trinajstić information content (AvgIpc) is 3.53. The van der Waals surface area contributed by atoms with Gasteiger partial charge in [-0.3, -0.25) is 4.79 Å². The van der Waals surface area contributed by atoms with E-state index in [0.717, 1.165) is 35.9 Å². The Morgan fingerprint density at radius 3 is 2.52 bits per heavy atom. The summed E-state index contributed by atoms with van der Waals surface area (Å²) in [5, 5.41) is 20.1. The van der Waals surface area contributed by atoms with Gasteiger partial charge in [0.05, 0.1) is 17.6 Å². The van der Waals surface area contributed by atoms with Crippen molar-refractivity contribution in [3.63, 3.8) is 0 Å². The maximum atomic E-state index is 12.6. The van der Waals surface area contributed by atoms with E-state index in [0.29, 0.717) is 5.69 Å². The average molecular weight is 411 g/mol. The van der Waals surface area contributed by atoms with Crippen molar-refractivity contribution in [2.75, 3.05) is 23.3 Å². The number of nitrogens with zero attached hydrogens (tertiary/aromatic N) is 6. The summed E-state index contributed by atoms with van der Waals surface area (Å²) in [7, 11) is 0. The Bertz CT molecular complexity index is 1180. The number of nitrogens with one attached hydrogen (secondary N) is 1. The summed E-state index contributed by atoms with van der Waals surface area (Å²) >= 11 is 0. The zero-order valence-electron chi connectivity index (χ0n) is 16.8. The Morgan fingerprint density at radius 2 is 1.74 bits per heavy atom. The van der Waals surface area contributed by atoms with E-state index in [1.54, 1.807) is 0 Å². The van der Waals surface area contributed by atoms with Gasteiger partial charge in [0.1, 0.15) is 0 Å². The smallest absolute Gasteiger partial charge is 0.277 e. The summed E-state index contributed by atoms with van der Waals surface area (Å²) in [5.74, 6) is 0.585. The van der Waals surface area contributed by atoms with Gasteiger partial charge in [-0.2, -0.15) is 9.90 Å². The molecule has 1 saturated heterocycles. The molecule has 0 atom stereocenters. The second kappa shape index (κ2) is 8.35. The molecule has 5 rings (SSSR count). The van der Waals surface area contributed by atoms with Crippen LogP contribution in [0.5, 0.6) is 0 Å². The summed E-state index contributed by atoms with van der Waals surface area (Å²) in [6.07, 6.45) is 3.85. The number of amides is 1. The molecule has 1 amide bonds. The lowest BCUT2D eigenvalue weighted by molar-refractivity contribution is 0.102. The second-order valence-electron chi connectivity index (χ2n) is 7.36. The molecule has 8 heteroatoms. The largest absolute Gasteiger partial charge is 0.355 e. The van der Waals surface area contributed by atoms with Gasteiger partial charge in [0.2, 0.25) is 0 Å². The minimum Gasteiger partial charge on any atom is -0.355 e. The van der Waals surface area contributed by atoms with E-state index < -0.39 is 0 Å². The first-order valence-corrected chi connectivity index (χ1v) is 10.2. The van der Waals surface area contributed by atoms with Crippen LogP contribution < -0.4 is 10.2 Å². The van der Waals surface area contributed by atoms with E-state index in [4.69, 9.17) is 0 Å². The molecule has 2 aromatic carbocycles. The zero-order chi connectivity index (χ0) is 21.0. The third kappa shape index (κ3) is 4.13. The van der Waals surface area contributed by atoms with Crippen LogP contribution >= 0.6 is 0 Å². The molecule has 4 aromatic rings. The molecule has 0 unspecified atom stereocenters. The normalized spacial score (nSPS) is 13.4. The number of carbonyl (C=O) groups excluding carboxylic acids is 1. The van der Waals surface area contributed by atoms with Crippen LogP contribution in [0.25, 0.3) is 16.9 Å². The van der Waals surface area contributed by atoms with Crippen LogP contribution in [-0.4, -0.2) is 44.2 Å². The Balaban J connectivity index is 1.30. The van der Waals surface area contributed by atoms with Crippen LogP contribution in [0.1, 0.15) is 23.3 Å². The fourth-order valence-electron chi connectivity index (χ4n) is 3.60. The molecule has 31 heavy (non-hydrogen) atoms. The van der Waals surface area contributed by atoms with Gasteiger partial charge >= 0.3 is 0 Å². The highest BCUT2D eigenvalue weighted by atomic mass is 16.2. The molecule has 8 nitrogen and oxygen atoms in total. The van der Waals surface area contributed by atoms with Gasteiger partial charge in [-0.05, 0) is 49.2 Å². The number of hydrogen-bond donors (Lipinski definition) is 1. The van der Waals surface area contributed by atoms with E-state index in [9.17, 15) is 4.79 Å². The van der Waals surface area contributed by atoms with Crippen LogP contribution in [0.3, 0.4) is 0 Å². The molecule has 0 radical (unpaired) electrons. The summed E-state index contributed by atoms with van der Waals surface area (Å²) in [6.45, 7) is 2.06. The number of hydrogen-bond acceptors (Lipinski definition) is 6. The number of anilines is 2. The van der Waals surface area contributed by atoms with Gasteiger partial charge in [-0.1, -0.05) is 30.3 Å². The van der Waals surface area contributed by atoms with Gasteiger partial charge < -0.3 is 10.2 Å². The van der Waals surface area contributed by atoms with Crippen molar-refractivity contribution in [1.29, 1.82) is 0 Å². The van der Waals surface area contributed by atoms with E-state index >= 15 is 0 Å². The van der Waals surface area contributed by atoms with E-state index in [1.807, 2.05) is 66.7 Å². The molecule has 154 valence electrons. The Hall–Kier alpha value is -4.07. The number of carbonyl (C=O) groups is 1. The number of benzene rings is 2.